The lowest BCUT2D eigenvalue weighted by molar-refractivity contribution is -0.135. The van der Waals surface area contributed by atoms with Crippen LogP contribution in [0.15, 0.2) is 30.3 Å². The Morgan fingerprint density at radius 1 is 1.33 bits per heavy atom. The summed E-state index contributed by atoms with van der Waals surface area (Å²) in [5, 5.41) is 9.02. The quantitative estimate of drug-likeness (QED) is 0.900. The van der Waals surface area contributed by atoms with Crippen molar-refractivity contribution in [3.8, 4) is 0 Å². The molecule has 0 spiro atoms. The van der Waals surface area contributed by atoms with Crippen molar-refractivity contribution in [2.45, 2.75) is 32.4 Å². The van der Waals surface area contributed by atoms with Crippen LogP contribution in [0.5, 0.6) is 0 Å². The van der Waals surface area contributed by atoms with E-state index in [0.717, 1.165) is 12.0 Å². The smallest absolute Gasteiger partial charge is 0.248 e. The molecular formula is C16H22N2O3. The van der Waals surface area contributed by atoms with Crippen LogP contribution in [0, 0.1) is 0 Å². The molecule has 1 unspecified atom stereocenters. The first kappa shape index (κ1) is 15.5. The van der Waals surface area contributed by atoms with Crippen LogP contribution in [0.2, 0.25) is 0 Å². The molecule has 0 radical (unpaired) electrons. The van der Waals surface area contributed by atoms with Gasteiger partial charge in [-0.3, -0.25) is 9.59 Å². The molecule has 5 nitrogen and oxygen atoms in total. The monoisotopic (exact) mass is 290 g/mol. The second-order valence-corrected chi connectivity index (χ2v) is 5.32. The van der Waals surface area contributed by atoms with Crippen LogP contribution in [-0.4, -0.2) is 52.5 Å². The summed E-state index contributed by atoms with van der Waals surface area (Å²) in [6, 6.07) is 9.87. The van der Waals surface area contributed by atoms with Crippen LogP contribution in [-0.2, 0) is 16.1 Å². The molecule has 1 aromatic rings. The molecule has 1 aromatic carbocycles. The van der Waals surface area contributed by atoms with Gasteiger partial charge in [0.05, 0.1) is 0 Å². The lowest BCUT2D eigenvalue weighted by Crippen LogP contribution is -2.44. The molecule has 2 amide bonds. The molecule has 1 saturated heterocycles. The molecule has 5 heteroatoms. The zero-order chi connectivity index (χ0) is 15.2. The van der Waals surface area contributed by atoms with Gasteiger partial charge >= 0.3 is 0 Å². The highest BCUT2D eigenvalue weighted by molar-refractivity contribution is 5.81. The van der Waals surface area contributed by atoms with Crippen molar-refractivity contribution < 1.29 is 14.7 Å². The molecule has 0 aromatic heterocycles. The van der Waals surface area contributed by atoms with Crippen molar-refractivity contribution in [1.82, 2.24) is 9.80 Å². The number of amides is 2. The molecule has 0 saturated carbocycles. The first-order chi connectivity index (χ1) is 10.2. The number of rotatable bonds is 4. The maximum Gasteiger partial charge on any atom is 0.248 e. The number of benzene rings is 1. The van der Waals surface area contributed by atoms with E-state index in [1.165, 1.54) is 0 Å². The van der Waals surface area contributed by atoms with Crippen molar-refractivity contribution in [3.63, 3.8) is 0 Å². The lowest BCUT2D eigenvalue weighted by Gasteiger charge is -2.31. The van der Waals surface area contributed by atoms with Gasteiger partial charge in [-0.25, -0.2) is 0 Å². The van der Waals surface area contributed by atoms with E-state index in [2.05, 4.69) is 0 Å². The Balaban J connectivity index is 2.15. The number of carbonyl (C=O) groups is 2. The van der Waals surface area contributed by atoms with Gasteiger partial charge < -0.3 is 14.9 Å². The molecule has 2 rings (SSSR count). The van der Waals surface area contributed by atoms with Gasteiger partial charge in [-0.05, 0) is 12.0 Å². The highest BCUT2D eigenvalue weighted by Crippen LogP contribution is 2.17. The zero-order valence-corrected chi connectivity index (χ0v) is 12.4. The highest BCUT2D eigenvalue weighted by Gasteiger charge is 2.30. The summed E-state index contributed by atoms with van der Waals surface area (Å²) < 4.78 is 0. The minimum atomic E-state index is -0.497. The maximum atomic E-state index is 12.4. The molecule has 1 aliphatic rings. The van der Waals surface area contributed by atoms with Crippen molar-refractivity contribution in [1.29, 1.82) is 0 Å². The predicted molar refractivity (Wildman–Crippen MR) is 79.4 cm³/mol. The summed E-state index contributed by atoms with van der Waals surface area (Å²) in [7, 11) is 0. The minimum absolute atomic E-state index is 0.00398. The fourth-order valence-corrected chi connectivity index (χ4v) is 2.70. The molecule has 21 heavy (non-hydrogen) atoms. The fraction of sp³-hybridized carbons (Fsp3) is 0.500. The molecule has 1 aliphatic heterocycles. The summed E-state index contributed by atoms with van der Waals surface area (Å²) in [6.07, 6.45) is 1.10. The Morgan fingerprint density at radius 2 is 2.05 bits per heavy atom. The van der Waals surface area contributed by atoms with Crippen LogP contribution in [0.3, 0.4) is 0 Å². The van der Waals surface area contributed by atoms with Gasteiger partial charge in [0.1, 0.15) is 6.61 Å². The predicted octanol–water partition coefficient (Wildman–Crippen LogP) is 1.02. The van der Waals surface area contributed by atoms with Crippen LogP contribution in [0.4, 0.5) is 0 Å². The Bertz CT molecular complexity index is 490. The van der Waals surface area contributed by atoms with E-state index in [1.54, 1.807) is 4.90 Å². The summed E-state index contributed by atoms with van der Waals surface area (Å²) in [4.78, 5) is 27.5. The number of aliphatic hydroxyl groups excluding tert-OH is 1. The molecular weight excluding hydrogens is 268 g/mol. The highest BCUT2D eigenvalue weighted by atomic mass is 16.3. The van der Waals surface area contributed by atoms with Crippen molar-refractivity contribution in [2.75, 3.05) is 19.7 Å². The fourth-order valence-electron chi connectivity index (χ4n) is 2.70. The molecule has 0 aliphatic carbocycles. The van der Waals surface area contributed by atoms with Crippen LogP contribution >= 0.6 is 0 Å². The van der Waals surface area contributed by atoms with E-state index in [0.29, 0.717) is 26.1 Å². The Kier molecular flexibility index (Phi) is 5.33. The van der Waals surface area contributed by atoms with E-state index < -0.39 is 6.61 Å². The first-order valence-electron chi connectivity index (χ1n) is 7.37. The Labute approximate surface area is 125 Å². The van der Waals surface area contributed by atoms with Crippen molar-refractivity contribution in [2.24, 2.45) is 0 Å². The average Bonchev–Trinajstić information content (AvgIpc) is 2.68. The normalized spacial score (nSPS) is 19.5. The van der Waals surface area contributed by atoms with E-state index >= 15 is 0 Å². The van der Waals surface area contributed by atoms with Gasteiger partial charge in [-0.15, -0.1) is 0 Å². The van der Waals surface area contributed by atoms with Crippen molar-refractivity contribution in [3.05, 3.63) is 35.9 Å². The first-order valence-corrected chi connectivity index (χ1v) is 7.37. The van der Waals surface area contributed by atoms with Gasteiger partial charge in [0.25, 0.3) is 0 Å². The molecule has 0 bridgehead atoms. The van der Waals surface area contributed by atoms with Crippen LogP contribution < -0.4 is 0 Å². The Hall–Kier alpha value is -1.88. The van der Waals surface area contributed by atoms with Crippen molar-refractivity contribution >= 4 is 11.8 Å². The standard InChI is InChI=1S/C16H22N2O3/c1-2-14-11-17(16(21)12-19)9-8-15(20)18(14)10-13-6-4-3-5-7-13/h3-7,14,19H,2,8-12H2,1H3. The maximum absolute atomic E-state index is 12.4. The average molecular weight is 290 g/mol. The van der Waals surface area contributed by atoms with Gasteiger partial charge in [0.2, 0.25) is 11.8 Å². The number of nitrogens with zero attached hydrogens (tertiary/aromatic N) is 2. The topological polar surface area (TPSA) is 60.9 Å². The molecule has 1 atom stereocenters. The van der Waals surface area contributed by atoms with E-state index in [-0.39, 0.29) is 17.9 Å². The second kappa shape index (κ2) is 7.22. The molecule has 1 N–H and O–H groups in total. The van der Waals surface area contributed by atoms with Gasteiger partial charge in [-0.2, -0.15) is 0 Å². The van der Waals surface area contributed by atoms with E-state index in [4.69, 9.17) is 5.11 Å². The third-order valence-corrected chi connectivity index (χ3v) is 3.94. The molecule has 114 valence electrons. The SMILES string of the molecule is CCC1CN(C(=O)CO)CCC(=O)N1Cc1ccccc1. The third kappa shape index (κ3) is 3.82. The summed E-state index contributed by atoms with van der Waals surface area (Å²) in [5.41, 5.74) is 1.09. The van der Waals surface area contributed by atoms with E-state index in [1.807, 2.05) is 42.2 Å². The third-order valence-electron chi connectivity index (χ3n) is 3.94. The number of aliphatic hydroxyl groups is 1. The largest absolute Gasteiger partial charge is 0.387 e. The van der Waals surface area contributed by atoms with Gasteiger partial charge in [-0.1, -0.05) is 37.3 Å². The van der Waals surface area contributed by atoms with Gasteiger partial charge in [0, 0.05) is 32.1 Å². The summed E-state index contributed by atoms with van der Waals surface area (Å²) in [6.45, 7) is 2.97. The van der Waals surface area contributed by atoms with Crippen LogP contribution in [0.25, 0.3) is 0 Å². The summed E-state index contributed by atoms with van der Waals surface area (Å²) in [5.74, 6) is -0.234. The Morgan fingerprint density at radius 3 is 2.67 bits per heavy atom. The molecule has 1 fully saturated rings. The summed E-state index contributed by atoms with van der Waals surface area (Å²) >= 11 is 0. The van der Waals surface area contributed by atoms with Gasteiger partial charge in [0.15, 0.2) is 0 Å². The zero-order valence-electron chi connectivity index (χ0n) is 12.4. The number of hydrogen-bond acceptors (Lipinski definition) is 3. The second-order valence-electron chi connectivity index (χ2n) is 5.32. The number of carbonyl (C=O) groups excluding carboxylic acids is 2. The van der Waals surface area contributed by atoms with Crippen LogP contribution in [0.1, 0.15) is 25.3 Å². The number of hydrogen-bond donors (Lipinski definition) is 1. The molecule has 1 heterocycles. The lowest BCUT2D eigenvalue weighted by atomic mass is 10.1. The minimum Gasteiger partial charge on any atom is -0.387 e. The van der Waals surface area contributed by atoms with E-state index in [9.17, 15) is 9.59 Å².